The van der Waals surface area contributed by atoms with E-state index in [1.54, 1.807) is 0 Å². The van der Waals surface area contributed by atoms with Crippen molar-refractivity contribution in [1.82, 2.24) is 0 Å². The maximum absolute atomic E-state index is 6.21. The Bertz CT molecular complexity index is 421. The summed E-state index contributed by atoms with van der Waals surface area (Å²) in [6, 6.07) is 5.86. The lowest BCUT2D eigenvalue weighted by molar-refractivity contribution is 0.138. The second-order valence-electron chi connectivity index (χ2n) is 5.30. The molecule has 2 saturated carbocycles. The van der Waals surface area contributed by atoms with Crippen LogP contribution < -0.4 is 10.5 Å². The Morgan fingerprint density at radius 1 is 1.29 bits per heavy atom. The largest absolute Gasteiger partial charge is 0.489 e. The first kappa shape index (κ1) is 11.4. The summed E-state index contributed by atoms with van der Waals surface area (Å²) in [4.78, 5) is 0. The van der Waals surface area contributed by atoms with Crippen molar-refractivity contribution in [2.24, 2.45) is 17.6 Å². The Balaban J connectivity index is 1.73. The summed E-state index contributed by atoms with van der Waals surface area (Å²) < 4.78 is 6.07. The molecule has 2 aliphatic carbocycles. The normalized spacial score (nSPS) is 30.8. The Morgan fingerprint density at radius 3 is 2.76 bits per heavy atom. The molecular weight excluding hydrogens is 234 g/mol. The van der Waals surface area contributed by atoms with E-state index in [4.69, 9.17) is 22.1 Å². The van der Waals surface area contributed by atoms with E-state index in [1.165, 1.54) is 25.7 Å². The fourth-order valence-corrected chi connectivity index (χ4v) is 3.51. The van der Waals surface area contributed by atoms with Gasteiger partial charge in [-0.15, -0.1) is 0 Å². The molecule has 3 unspecified atom stereocenters. The molecular formula is C14H18ClNO. The molecule has 92 valence electrons. The van der Waals surface area contributed by atoms with E-state index >= 15 is 0 Å². The summed E-state index contributed by atoms with van der Waals surface area (Å²) in [6.45, 7) is 0.522. The molecule has 0 radical (unpaired) electrons. The average molecular weight is 252 g/mol. The van der Waals surface area contributed by atoms with Gasteiger partial charge in [-0.3, -0.25) is 0 Å². The molecule has 17 heavy (non-hydrogen) atoms. The van der Waals surface area contributed by atoms with Crippen molar-refractivity contribution in [3.05, 3.63) is 28.8 Å². The first-order valence-electron chi connectivity index (χ1n) is 6.41. The highest BCUT2D eigenvalue weighted by molar-refractivity contribution is 6.32. The molecule has 0 amide bonds. The van der Waals surface area contributed by atoms with E-state index in [2.05, 4.69) is 0 Å². The van der Waals surface area contributed by atoms with Crippen LogP contribution in [0.4, 0.5) is 0 Å². The molecule has 0 saturated heterocycles. The Morgan fingerprint density at radius 2 is 2.18 bits per heavy atom. The summed E-state index contributed by atoms with van der Waals surface area (Å²) >= 11 is 6.21. The minimum atomic E-state index is 0.384. The number of nitrogens with two attached hydrogens (primary N) is 1. The molecule has 0 aliphatic heterocycles. The Labute approximate surface area is 107 Å². The van der Waals surface area contributed by atoms with Crippen LogP contribution in [-0.2, 0) is 6.54 Å². The molecule has 2 nitrogen and oxygen atoms in total. The van der Waals surface area contributed by atoms with Gasteiger partial charge >= 0.3 is 0 Å². The standard InChI is InChI=1S/C14H18ClNO/c15-12-6-10(8-16)2-4-13(12)17-14-7-9-1-3-11(14)5-9/h2,4,6,9,11,14H,1,3,5,7-8,16H2. The Kier molecular flexibility index (Phi) is 3.01. The zero-order chi connectivity index (χ0) is 11.8. The number of ether oxygens (including phenoxy) is 1. The molecule has 0 heterocycles. The zero-order valence-electron chi connectivity index (χ0n) is 9.86. The molecule has 2 N–H and O–H groups in total. The number of rotatable bonds is 3. The third-order valence-electron chi connectivity index (χ3n) is 4.18. The van der Waals surface area contributed by atoms with Crippen LogP contribution in [0, 0.1) is 11.8 Å². The van der Waals surface area contributed by atoms with Crippen LogP contribution in [0.25, 0.3) is 0 Å². The minimum absolute atomic E-state index is 0.384. The van der Waals surface area contributed by atoms with Crippen LogP contribution in [0.3, 0.4) is 0 Å². The highest BCUT2D eigenvalue weighted by Gasteiger charge is 2.41. The summed E-state index contributed by atoms with van der Waals surface area (Å²) in [5.74, 6) is 2.47. The lowest BCUT2D eigenvalue weighted by atomic mass is 9.98. The maximum Gasteiger partial charge on any atom is 0.138 e. The minimum Gasteiger partial charge on any atom is -0.489 e. The van der Waals surface area contributed by atoms with Crippen LogP contribution in [0.2, 0.25) is 5.02 Å². The van der Waals surface area contributed by atoms with Gasteiger partial charge in [0, 0.05) is 6.54 Å². The van der Waals surface area contributed by atoms with E-state index in [9.17, 15) is 0 Å². The first-order chi connectivity index (χ1) is 8.26. The highest BCUT2D eigenvalue weighted by atomic mass is 35.5. The topological polar surface area (TPSA) is 35.2 Å². The van der Waals surface area contributed by atoms with Crippen molar-refractivity contribution >= 4 is 11.6 Å². The monoisotopic (exact) mass is 251 g/mol. The lowest BCUT2D eigenvalue weighted by Crippen LogP contribution is -2.23. The summed E-state index contributed by atoms with van der Waals surface area (Å²) in [6.07, 6.45) is 5.66. The molecule has 0 aromatic heterocycles. The molecule has 0 spiro atoms. The maximum atomic E-state index is 6.21. The van der Waals surface area contributed by atoms with Crippen molar-refractivity contribution in [2.45, 2.75) is 38.3 Å². The van der Waals surface area contributed by atoms with Crippen molar-refractivity contribution in [3.8, 4) is 5.75 Å². The van der Waals surface area contributed by atoms with Gasteiger partial charge in [-0.1, -0.05) is 17.7 Å². The van der Waals surface area contributed by atoms with Crippen molar-refractivity contribution < 1.29 is 4.74 Å². The fraction of sp³-hybridized carbons (Fsp3) is 0.571. The summed E-state index contributed by atoms with van der Waals surface area (Å²) in [7, 11) is 0. The number of halogens is 1. The van der Waals surface area contributed by atoms with E-state index in [0.717, 1.165) is 23.1 Å². The van der Waals surface area contributed by atoms with Crippen molar-refractivity contribution in [2.75, 3.05) is 0 Å². The highest BCUT2D eigenvalue weighted by Crippen LogP contribution is 2.46. The quantitative estimate of drug-likeness (QED) is 0.894. The second kappa shape index (κ2) is 4.51. The predicted octanol–water partition coefficient (Wildman–Crippen LogP) is 3.37. The lowest BCUT2D eigenvalue weighted by Gasteiger charge is -2.23. The third kappa shape index (κ3) is 2.16. The molecule has 2 bridgehead atoms. The number of fused-ring (bicyclic) bond motifs is 2. The molecule has 1 aromatic rings. The Hall–Kier alpha value is -0.730. The van der Waals surface area contributed by atoms with Gasteiger partial charge in [0.25, 0.3) is 0 Å². The van der Waals surface area contributed by atoms with E-state index in [0.29, 0.717) is 17.7 Å². The van der Waals surface area contributed by atoms with Crippen molar-refractivity contribution in [1.29, 1.82) is 0 Å². The molecule has 3 atom stereocenters. The summed E-state index contributed by atoms with van der Waals surface area (Å²) in [5.41, 5.74) is 6.63. The van der Waals surface area contributed by atoms with E-state index in [1.807, 2.05) is 18.2 Å². The van der Waals surface area contributed by atoms with E-state index in [-0.39, 0.29) is 0 Å². The van der Waals surface area contributed by atoms with Crippen LogP contribution >= 0.6 is 11.6 Å². The summed E-state index contributed by atoms with van der Waals surface area (Å²) in [5, 5.41) is 0.690. The third-order valence-corrected chi connectivity index (χ3v) is 4.48. The molecule has 3 heteroatoms. The first-order valence-corrected chi connectivity index (χ1v) is 6.79. The fourth-order valence-electron chi connectivity index (χ4n) is 3.26. The zero-order valence-corrected chi connectivity index (χ0v) is 10.6. The van der Waals surface area contributed by atoms with Crippen LogP contribution in [-0.4, -0.2) is 6.10 Å². The smallest absolute Gasteiger partial charge is 0.138 e. The number of benzene rings is 1. The van der Waals surface area contributed by atoms with Gasteiger partial charge in [-0.25, -0.2) is 0 Å². The predicted molar refractivity (Wildman–Crippen MR) is 69.2 cm³/mol. The number of hydrogen-bond acceptors (Lipinski definition) is 2. The van der Waals surface area contributed by atoms with Gasteiger partial charge in [0.2, 0.25) is 0 Å². The van der Waals surface area contributed by atoms with Gasteiger partial charge in [0.1, 0.15) is 11.9 Å². The SMILES string of the molecule is NCc1ccc(OC2CC3CCC2C3)c(Cl)c1. The number of hydrogen-bond donors (Lipinski definition) is 1. The molecule has 3 rings (SSSR count). The van der Waals surface area contributed by atoms with Crippen LogP contribution in [0.1, 0.15) is 31.2 Å². The van der Waals surface area contributed by atoms with Gasteiger partial charge in [0.05, 0.1) is 5.02 Å². The van der Waals surface area contributed by atoms with Gasteiger partial charge in [-0.2, -0.15) is 0 Å². The van der Waals surface area contributed by atoms with Crippen LogP contribution in [0.15, 0.2) is 18.2 Å². The van der Waals surface area contributed by atoms with Crippen LogP contribution in [0.5, 0.6) is 5.75 Å². The molecule has 2 fully saturated rings. The average Bonchev–Trinajstić information content (AvgIpc) is 2.93. The molecule has 2 aliphatic rings. The van der Waals surface area contributed by atoms with Gasteiger partial charge in [-0.05, 0) is 55.2 Å². The second-order valence-corrected chi connectivity index (χ2v) is 5.71. The van der Waals surface area contributed by atoms with E-state index < -0.39 is 0 Å². The van der Waals surface area contributed by atoms with Crippen molar-refractivity contribution in [3.63, 3.8) is 0 Å². The van der Waals surface area contributed by atoms with Gasteiger partial charge in [0.15, 0.2) is 0 Å². The van der Waals surface area contributed by atoms with Gasteiger partial charge < -0.3 is 10.5 Å². The molecule has 1 aromatic carbocycles.